The number of hydrogen-bond acceptors (Lipinski definition) is 4. The molecule has 2 heterocycles. The maximum atomic E-state index is 12.6. The Morgan fingerprint density at radius 1 is 1.28 bits per heavy atom. The van der Waals surface area contributed by atoms with Gasteiger partial charge in [-0.3, -0.25) is 14.7 Å². The van der Waals surface area contributed by atoms with Crippen LogP contribution < -0.4 is 0 Å². The molecule has 6 heteroatoms. The zero-order chi connectivity index (χ0) is 17.6. The highest BCUT2D eigenvalue weighted by molar-refractivity contribution is 8.18. The molecule has 1 amide bonds. The number of aromatic nitrogens is 1. The number of benzene rings is 1. The number of amides is 1. The van der Waals surface area contributed by atoms with E-state index in [-0.39, 0.29) is 5.91 Å². The van der Waals surface area contributed by atoms with E-state index >= 15 is 0 Å². The molecular weight excluding hydrogens is 354 g/mol. The Morgan fingerprint density at radius 3 is 2.76 bits per heavy atom. The average molecular weight is 370 g/mol. The van der Waals surface area contributed by atoms with Crippen LogP contribution in [0.25, 0.3) is 6.08 Å². The van der Waals surface area contributed by atoms with Crippen LogP contribution in [0.2, 0.25) is 0 Å². The minimum atomic E-state index is -0.0882. The van der Waals surface area contributed by atoms with Crippen LogP contribution in [0.3, 0.4) is 0 Å². The summed E-state index contributed by atoms with van der Waals surface area (Å²) < 4.78 is 0. The second-order valence-electron chi connectivity index (χ2n) is 5.21. The zero-order valence-corrected chi connectivity index (χ0v) is 15.2. The van der Waals surface area contributed by atoms with E-state index < -0.39 is 0 Å². The van der Waals surface area contributed by atoms with Crippen LogP contribution >= 0.6 is 23.4 Å². The Morgan fingerprint density at radius 2 is 2.08 bits per heavy atom. The summed E-state index contributed by atoms with van der Waals surface area (Å²) in [4.78, 5) is 23.3. The lowest BCUT2D eigenvalue weighted by Crippen LogP contribution is -2.28. The molecule has 126 valence electrons. The fourth-order valence-electron chi connectivity index (χ4n) is 2.28. The number of rotatable bonds is 4. The van der Waals surface area contributed by atoms with Crippen molar-refractivity contribution in [2.45, 2.75) is 6.92 Å². The number of pyridine rings is 1. The Balaban J connectivity index is 1.87. The average Bonchev–Trinajstić information content (AvgIpc) is 2.91. The molecule has 4 nitrogen and oxygen atoms in total. The van der Waals surface area contributed by atoms with Gasteiger partial charge in [0.2, 0.25) is 0 Å². The van der Waals surface area contributed by atoms with Gasteiger partial charge in [-0.2, -0.15) is 0 Å². The molecule has 0 atom stereocenters. The highest BCUT2D eigenvalue weighted by atomic mass is 35.5. The number of thioether (sulfide) groups is 1. The van der Waals surface area contributed by atoms with Gasteiger partial charge in [0, 0.05) is 17.8 Å². The van der Waals surface area contributed by atoms with Gasteiger partial charge in [-0.15, -0.1) is 0 Å². The highest BCUT2D eigenvalue weighted by Crippen LogP contribution is 2.33. The SMILES string of the molecule is CCN1C(=O)/C(=C/C(Cl)=C/c2ccccc2)SC1=Nc1cccnc1. The van der Waals surface area contributed by atoms with Gasteiger partial charge >= 0.3 is 0 Å². The van der Waals surface area contributed by atoms with Gasteiger partial charge in [-0.1, -0.05) is 41.9 Å². The van der Waals surface area contributed by atoms with Gasteiger partial charge in [0.25, 0.3) is 5.91 Å². The Hall–Kier alpha value is -2.37. The molecule has 0 bridgehead atoms. The van der Waals surface area contributed by atoms with Crippen molar-refractivity contribution in [2.24, 2.45) is 4.99 Å². The molecule has 0 unspecified atom stereocenters. The van der Waals surface area contributed by atoms with E-state index in [1.54, 1.807) is 23.4 Å². The van der Waals surface area contributed by atoms with Gasteiger partial charge in [0.05, 0.1) is 16.8 Å². The smallest absolute Gasteiger partial charge is 0.266 e. The Kier molecular flexibility index (Phi) is 5.68. The topological polar surface area (TPSA) is 45.6 Å². The van der Waals surface area contributed by atoms with Crippen LogP contribution in [-0.2, 0) is 4.79 Å². The molecule has 1 aromatic heterocycles. The number of carbonyl (C=O) groups is 1. The molecule has 0 saturated carbocycles. The third-order valence-corrected chi connectivity index (χ3v) is 4.67. The van der Waals surface area contributed by atoms with E-state index in [4.69, 9.17) is 11.6 Å². The summed E-state index contributed by atoms with van der Waals surface area (Å²) >= 11 is 7.63. The molecule has 1 aliphatic heterocycles. The zero-order valence-electron chi connectivity index (χ0n) is 13.6. The van der Waals surface area contributed by atoms with Crippen molar-refractivity contribution in [3.05, 3.63) is 76.4 Å². The molecule has 0 N–H and O–H groups in total. The third-order valence-electron chi connectivity index (χ3n) is 3.45. The monoisotopic (exact) mass is 369 g/mol. The fourth-order valence-corrected chi connectivity index (χ4v) is 3.63. The summed E-state index contributed by atoms with van der Waals surface area (Å²) in [7, 11) is 0. The van der Waals surface area contributed by atoms with Crippen LogP contribution in [0.15, 0.2) is 75.9 Å². The lowest BCUT2D eigenvalue weighted by Gasteiger charge is -2.11. The number of aliphatic imine (C=N–C) groups is 1. The molecule has 0 radical (unpaired) electrons. The second kappa shape index (κ2) is 8.14. The number of halogens is 1. The first-order valence-electron chi connectivity index (χ1n) is 7.79. The number of carbonyl (C=O) groups excluding carboxylic acids is 1. The van der Waals surface area contributed by atoms with Crippen molar-refractivity contribution in [1.29, 1.82) is 0 Å². The normalized spacial score (nSPS) is 18.4. The van der Waals surface area contributed by atoms with Gasteiger partial charge < -0.3 is 0 Å². The molecule has 1 aliphatic rings. The fraction of sp³-hybridized carbons (Fsp3) is 0.105. The molecule has 1 saturated heterocycles. The van der Waals surface area contributed by atoms with Crippen molar-refractivity contribution in [3.63, 3.8) is 0 Å². The summed E-state index contributed by atoms with van der Waals surface area (Å²) in [5, 5.41) is 1.14. The molecule has 3 rings (SSSR count). The lowest BCUT2D eigenvalue weighted by atomic mass is 10.2. The van der Waals surface area contributed by atoms with Gasteiger partial charge in [-0.05, 0) is 48.5 Å². The molecule has 0 aliphatic carbocycles. The molecule has 0 spiro atoms. The van der Waals surface area contributed by atoms with Crippen molar-refractivity contribution in [2.75, 3.05) is 6.54 Å². The van der Waals surface area contributed by atoms with Crippen molar-refractivity contribution in [3.8, 4) is 0 Å². The summed E-state index contributed by atoms with van der Waals surface area (Å²) in [6, 6.07) is 13.4. The van der Waals surface area contributed by atoms with Gasteiger partial charge in [0.15, 0.2) is 5.17 Å². The van der Waals surface area contributed by atoms with E-state index in [0.29, 0.717) is 27.3 Å². The molecule has 25 heavy (non-hydrogen) atoms. The highest BCUT2D eigenvalue weighted by Gasteiger charge is 2.32. The molecular formula is C19H16ClN3OS. The molecule has 1 aromatic carbocycles. The maximum Gasteiger partial charge on any atom is 0.266 e. The predicted molar refractivity (Wildman–Crippen MR) is 105 cm³/mol. The predicted octanol–water partition coefficient (Wildman–Crippen LogP) is 4.83. The summed E-state index contributed by atoms with van der Waals surface area (Å²) in [6.07, 6.45) is 6.87. The summed E-state index contributed by atoms with van der Waals surface area (Å²) in [5.74, 6) is -0.0882. The minimum absolute atomic E-state index is 0.0882. The van der Waals surface area contributed by atoms with E-state index in [1.165, 1.54) is 11.8 Å². The lowest BCUT2D eigenvalue weighted by molar-refractivity contribution is -0.122. The second-order valence-corrected chi connectivity index (χ2v) is 6.65. The third kappa shape index (κ3) is 4.38. The summed E-state index contributed by atoms with van der Waals surface area (Å²) in [5.41, 5.74) is 1.69. The number of nitrogens with zero attached hydrogens (tertiary/aromatic N) is 3. The van der Waals surface area contributed by atoms with Crippen LogP contribution in [-0.4, -0.2) is 27.5 Å². The minimum Gasteiger partial charge on any atom is -0.287 e. The molecule has 2 aromatic rings. The first-order valence-corrected chi connectivity index (χ1v) is 8.99. The standard InChI is InChI=1S/C19H16ClN3OS/c1-2-23-18(24)17(12-15(20)11-14-7-4-3-5-8-14)25-19(23)22-16-9-6-10-21-13-16/h3-13H,2H2,1H3/b15-11-,17-12-,22-19?. The van der Waals surface area contributed by atoms with Crippen molar-refractivity contribution >= 4 is 46.2 Å². The largest absolute Gasteiger partial charge is 0.287 e. The van der Waals surface area contributed by atoms with Crippen LogP contribution in [0.5, 0.6) is 0 Å². The Labute approximate surface area is 155 Å². The van der Waals surface area contributed by atoms with E-state index in [9.17, 15) is 4.79 Å². The number of allylic oxidation sites excluding steroid dienone is 2. The summed E-state index contributed by atoms with van der Waals surface area (Å²) in [6.45, 7) is 2.46. The van der Waals surface area contributed by atoms with Crippen molar-refractivity contribution in [1.82, 2.24) is 9.88 Å². The van der Waals surface area contributed by atoms with Gasteiger partial charge in [-0.25, -0.2) is 4.99 Å². The van der Waals surface area contributed by atoms with E-state index in [1.807, 2.05) is 55.5 Å². The van der Waals surface area contributed by atoms with Crippen LogP contribution in [0.1, 0.15) is 12.5 Å². The van der Waals surface area contributed by atoms with Crippen LogP contribution in [0, 0.1) is 0 Å². The molecule has 1 fully saturated rings. The first kappa shape index (κ1) is 17.5. The Bertz CT molecular complexity index is 847. The maximum absolute atomic E-state index is 12.6. The van der Waals surface area contributed by atoms with E-state index in [0.717, 1.165) is 5.56 Å². The van der Waals surface area contributed by atoms with E-state index in [2.05, 4.69) is 9.98 Å². The van der Waals surface area contributed by atoms with Gasteiger partial charge in [0.1, 0.15) is 0 Å². The van der Waals surface area contributed by atoms with Crippen molar-refractivity contribution < 1.29 is 4.79 Å². The quantitative estimate of drug-likeness (QED) is 0.725. The number of hydrogen-bond donors (Lipinski definition) is 0. The van der Waals surface area contributed by atoms with Crippen LogP contribution in [0.4, 0.5) is 5.69 Å². The first-order chi connectivity index (χ1) is 12.2. The number of amidine groups is 1. The number of likely N-dealkylation sites (N-methyl/N-ethyl adjacent to an activating group) is 1.